The highest BCUT2D eigenvalue weighted by Gasteiger charge is 2.37. The number of halogens is 3. The molecule has 0 aliphatic rings. The Labute approximate surface area is 94.2 Å². The van der Waals surface area contributed by atoms with Crippen LogP contribution in [0, 0.1) is 11.3 Å². The van der Waals surface area contributed by atoms with Crippen molar-refractivity contribution in [2.24, 2.45) is 0 Å². The second kappa shape index (κ2) is 4.12. The largest absolute Gasteiger partial charge is 0.440 e. The molecule has 0 saturated heterocycles. The van der Waals surface area contributed by atoms with Crippen molar-refractivity contribution in [3.05, 3.63) is 26.5 Å². The molecule has 0 aromatic carbocycles. The van der Waals surface area contributed by atoms with Gasteiger partial charge in [-0.15, -0.1) is 0 Å². The molecular weight excluding hydrogens is 244 g/mol. The Kier molecular flexibility index (Phi) is 3.22. The fourth-order valence-electron chi connectivity index (χ4n) is 1.01. The molecule has 0 spiro atoms. The maximum Gasteiger partial charge on any atom is 0.440 e. The monoisotopic (exact) mass is 248 g/mol. The summed E-state index contributed by atoms with van der Waals surface area (Å²) in [7, 11) is 0. The quantitative estimate of drug-likeness (QED) is 0.557. The van der Waals surface area contributed by atoms with Crippen LogP contribution in [0.2, 0.25) is 0 Å². The van der Waals surface area contributed by atoms with E-state index in [1.165, 1.54) is 6.07 Å². The van der Waals surface area contributed by atoms with Gasteiger partial charge in [-0.25, -0.2) is 9.36 Å². The molecule has 0 radical (unpaired) electrons. The van der Waals surface area contributed by atoms with Crippen LogP contribution in [0.1, 0.15) is 5.69 Å². The van der Waals surface area contributed by atoms with E-state index >= 15 is 0 Å². The van der Waals surface area contributed by atoms with Crippen molar-refractivity contribution >= 4 is 16.5 Å². The van der Waals surface area contributed by atoms with E-state index in [9.17, 15) is 22.8 Å². The molecule has 6 nitrogen and oxygen atoms in total. The van der Waals surface area contributed by atoms with Crippen LogP contribution in [0.4, 0.5) is 13.2 Å². The molecule has 84 valence electrons. The second-order valence-electron chi connectivity index (χ2n) is 2.80. The van der Waals surface area contributed by atoms with E-state index in [2.05, 4.69) is 5.10 Å². The fraction of sp³-hybridized carbons (Fsp3) is 0.333. The first-order chi connectivity index (χ1) is 7.29. The first-order valence-corrected chi connectivity index (χ1v) is 4.80. The van der Waals surface area contributed by atoms with Crippen molar-refractivity contribution < 1.29 is 13.2 Å². The van der Waals surface area contributed by atoms with Crippen molar-refractivity contribution in [1.29, 1.82) is 5.26 Å². The van der Waals surface area contributed by atoms with Gasteiger partial charge in [0, 0.05) is 0 Å². The predicted octanol–water partition coefficient (Wildman–Crippen LogP) is -1.66. The summed E-state index contributed by atoms with van der Waals surface area (Å²) < 4.78 is 37.7. The fourth-order valence-corrected chi connectivity index (χ4v) is 1.45. The topological polar surface area (TPSA) is 80.7 Å². The van der Waals surface area contributed by atoms with Crippen molar-refractivity contribution in [1.82, 2.24) is 13.3 Å². The van der Waals surface area contributed by atoms with Gasteiger partial charge in [0.15, 0.2) is 0 Å². The molecule has 0 fully saturated rings. The Morgan fingerprint density at radius 1 is 1.44 bits per heavy atom. The van der Waals surface area contributed by atoms with Gasteiger partial charge in [0.05, 0.1) is 6.07 Å². The van der Waals surface area contributed by atoms with Crippen LogP contribution in [-0.4, -0.2) is 29.8 Å². The summed E-state index contributed by atoms with van der Waals surface area (Å²) in [6.45, 7) is -0.731. The molecule has 10 heteroatoms. The summed E-state index contributed by atoms with van der Waals surface area (Å²) in [5, 5.41) is 11.2. The van der Waals surface area contributed by atoms with Crippen LogP contribution < -0.4 is 11.2 Å². The van der Waals surface area contributed by atoms with Gasteiger partial charge < -0.3 is 3.67 Å². The van der Waals surface area contributed by atoms with Gasteiger partial charge in [0.1, 0.15) is 6.54 Å². The number of aromatic nitrogens is 3. The lowest BCUT2D eigenvalue weighted by Crippen LogP contribution is -2.44. The third-order valence-corrected chi connectivity index (χ3v) is 2.29. The van der Waals surface area contributed by atoms with Gasteiger partial charge in [-0.1, -0.05) is 0 Å². The van der Waals surface area contributed by atoms with E-state index in [1.54, 1.807) is 0 Å². The molecule has 1 heterocycles. The van der Waals surface area contributed by atoms with Crippen LogP contribution in [0.5, 0.6) is 0 Å². The molecule has 0 aliphatic carbocycles. The Balaban J connectivity index is 3.66. The Bertz CT molecular complexity index is 567. The highest BCUT2D eigenvalue weighted by atomic mass is 27.1. The number of nitriles is 1. The zero-order valence-corrected chi connectivity index (χ0v) is 9.95. The summed E-state index contributed by atoms with van der Waals surface area (Å²) in [6.07, 6.45) is -4.94. The summed E-state index contributed by atoms with van der Waals surface area (Å²) in [4.78, 5) is 22.4. The Morgan fingerprint density at radius 3 is 2.44 bits per heavy atom. The average Bonchev–Trinajstić information content (AvgIpc) is 2.16. The van der Waals surface area contributed by atoms with Crippen molar-refractivity contribution in [2.45, 2.75) is 12.7 Å². The molecule has 1 rings (SSSR count). The van der Waals surface area contributed by atoms with Crippen LogP contribution in [0.15, 0.2) is 9.59 Å². The first-order valence-electron chi connectivity index (χ1n) is 3.91. The molecule has 1 aromatic rings. The minimum absolute atomic E-state index is 0.114. The summed E-state index contributed by atoms with van der Waals surface area (Å²) >= 11 is -0.114. The lowest BCUT2D eigenvalue weighted by molar-refractivity contribution is -0.143. The van der Waals surface area contributed by atoms with Crippen LogP contribution in [0.25, 0.3) is 0 Å². The van der Waals surface area contributed by atoms with E-state index in [4.69, 9.17) is 5.26 Å². The zero-order chi connectivity index (χ0) is 12.5. The van der Waals surface area contributed by atoms with E-state index < -0.39 is 29.7 Å². The molecule has 0 N–H and O–H groups in total. The smallest absolute Gasteiger partial charge is 0.322 e. The summed E-state index contributed by atoms with van der Waals surface area (Å²) in [5.74, 6) is 0. The lowest BCUT2D eigenvalue weighted by atomic mass is 10.4. The average molecular weight is 248 g/mol. The van der Waals surface area contributed by atoms with Crippen molar-refractivity contribution in [3.8, 4) is 6.07 Å². The molecule has 0 atom stereocenters. The summed E-state index contributed by atoms with van der Waals surface area (Å²) in [6, 6.07) is 1.44. The van der Waals surface area contributed by atoms with E-state index in [-0.39, 0.29) is 21.1 Å². The van der Waals surface area contributed by atoms with Gasteiger partial charge in [0.2, 0.25) is 5.69 Å². The van der Waals surface area contributed by atoms with Gasteiger partial charge in [-0.3, -0.25) is 4.79 Å². The third-order valence-electron chi connectivity index (χ3n) is 1.70. The highest BCUT2D eigenvalue weighted by Crippen LogP contribution is 2.23. The number of rotatable bonds is 1. The number of hydrogen-bond acceptors (Lipinski definition) is 4. The summed E-state index contributed by atoms with van der Waals surface area (Å²) in [5.41, 5.74) is -4.28. The number of hydrogen-bond donors (Lipinski definition) is 0. The molecule has 0 aliphatic heterocycles. The van der Waals surface area contributed by atoms with Crippen molar-refractivity contribution in [3.63, 3.8) is 0 Å². The molecule has 16 heavy (non-hydrogen) atoms. The maximum atomic E-state index is 12.3. The molecule has 0 bridgehead atoms. The minimum atomic E-state index is -4.94. The molecule has 0 saturated carbocycles. The number of nitrogens with zero attached hydrogens (tertiary/aromatic N) is 4. The van der Waals surface area contributed by atoms with Crippen molar-refractivity contribution in [2.75, 3.05) is 0 Å². The second-order valence-corrected chi connectivity index (χ2v) is 3.65. The normalized spacial score (nSPS) is 11.1. The minimum Gasteiger partial charge on any atom is -0.322 e. The molecule has 0 amide bonds. The van der Waals surface area contributed by atoms with E-state index in [0.717, 1.165) is 0 Å². The molecular formula is C6H4AlF3N4O2. The number of alkyl halides is 3. The van der Waals surface area contributed by atoms with Crippen LogP contribution in [0.3, 0.4) is 0 Å². The molecule has 0 unspecified atom stereocenters. The lowest BCUT2D eigenvalue weighted by Gasteiger charge is -2.09. The van der Waals surface area contributed by atoms with Gasteiger partial charge in [0.25, 0.3) is 5.56 Å². The van der Waals surface area contributed by atoms with Gasteiger partial charge >= 0.3 is 28.4 Å². The van der Waals surface area contributed by atoms with Crippen LogP contribution in [-0.2, 0) is 12.7 Å². The zero-order valence-electron chi connectivity index (χ0n) is 7.95. The Morgan fingerprint density at radius 2 is 2.00 bits per heavy atom. The third kappa shape index (κ3) is 2.16. The van der Waals surface area contributed by atoms with E-state index in [0.29, 0.717) is 3.67 Å². The van der Waals surface area contributed by atoms with E-state index in [1.807, 2.05) is 0 Å². The predicted molar refractivity (Wildman–Crippen MR) is 47.3 cm³/mol. The maximum absolute atomic E-state index is 12.3. The Hall–Kier alpha value is -1.58. The van der Waals surface area contributed by atoms with Gasteiger partial charge in [-0.2, -0.15) is 23.5 Å². The van der Waals surface area contributed by atoms with Gasteiger partial charge in [-0.05, 0) is 0 Å². The highest BCUT2D eigenvalue weighted by molar-refractivity contribution is 6.05. The SMILES string of the molecule is N#CCn1c(=O)c(C(F)(F)F)n[n]([AlH2])c1=O. The molecule has 1 aromatic heterocycles. The van der Waals surface area contributed by atoms with Crippen LogP contribution >= 0.6 is 0 Å². The standard InChI is InChI=1S/C6H3F3N4O2.Al.2H/c7-6(8,9)3-4(14)13(2-1-10)5(15)12-11-3;;;/h2H2,(H,12,14,15);;;/q;+1;;/p-1. The first kappa shape index (κ1) is 12.5.